The van der Waals surface area contributed by atoms with Gasteiger partial charge in [-0.05, 0) is 80.3 Å². The van der Waals surface area contributed by atoms with Crippen LogP contribution in [0.2, 0.25) is 0 Å². The van der Waals surface area contributed by atoms with Crippen LogP contribution < -0.4 is 4.72 Å². The number of imidazole rings is 1. The molecule has 0 unspecified atom stereocenters. The second-order valence-corrected chi connectivity index (χ2v) is 17.5. The number of carbonyl (C=O) groups is 2. The van der Waals surface area contributed by atoms with E-state index in [1.54, 1.807) is 12.2 Å². The zero-order valence-corrected chi connectivity index (χ0v) is 27.1. The summed E-state index contributed by atoms with van der Waals surface area (Å²) in [6, 6.07) is 2.13. The van der Waals surface area contributed by atoms with Crippen LogP contribution in [0.3, 0.4) is 0 Å². The van der Waals surface area contributed by atoms with Crippen LogP contribution in [0.5, 0.6) is 0 Å². The Morgan fingerprint density at radius 2 is 1.70 bits per heavy atom. The lowest BCUT2D eigenvalue weighted by molar-refractivity contribution is -0.239. The van der Waals surface area contributed by atoms with Gasteiger partial charge in [-0.3, -0.25) is 9.59 Å². The van der Waals surface area contributed by atoms with Gasteiger partial charge in [0.1, 0.15) is 11.7 Å². The van der Waals surface area contributed by atoms with Gasteiger partial charge in [0.25, 0.3) is 10.0 Å². The minimum atomic E-state index is -3.94. The van der Waals surface area contributed by atoms with Crippen LogP contribution in [-0.4, -0.2) is 46.2 Å². The van der Waals surface area contributed by atoms with E-state index in [0.29, 0.717) is 32.1 Å². The SMILES string of the molecule is CC1(C)C(=O)C(C#N)=C[C@]2(C)C3=CC(=O)[C@]4(O)[C@@H]5C[C@@](C)(NS(=O)(=O)c6ncc[nH]6)CC[C@@]5(C)CC[C@@]4(C)[C@]3(C)CC[C@@H]12. The van der Waals surface area contributed by atoms with E-state index in [1.807, 2.05) is 27.7 Å². The molecule has 1 aromatic rings. The average molecular weight is 609 g/mol. The third-order valence-electron chi connectivity index (χ3n) is 13.4. The van der Waals surface area contributed by atoms with E-state index in [4.69, 9.17) is 0 Å². The van der Waals surface area contributed by atoms with Gasteiger partial charge in [0.15, 0.2) is 11.6 Å². The average Bonchev–Trinajstić information content (AvgIpc) is 3.47. The molecule has 232 valence electrons. The third-order valence-corrected chi connectivity index (χ3v) is 14.9. The molecule has 0 spiro atoms. The highest BCUT2D eigenvalue weighted by Gasteiger charge is 2.75. The Kier molecular flexibility index (Phi) is 6.20. The second-order valence-electron chi connectivity index (χ2n) is 15.9. The summed E-state index contributed by atoms with van der Waals surface area (Å²) >= 11 is 0. The first kappa shape index (κ1) is 30.4. The summed E-state index contributed by atoms with van der Waals surface area (Å²) in [5.41, 5.74) is -4.82. The summed E-state index contributed by atoms with van der Waals surface area (Å²) in [6.07, 6.45) is 10.7. The van der Waals surface area contributed by atoms with Crippen LogP contribution in [0.1, 0.15) is 93.4 Å². The number of sulfonamides is 1. The van der Waals surface area contributed by atoms with Crippen LogP contribution >= 0.6 is 0 Å². The Hall–Kier alpha value is -2.61. The Labute approximate surface area is 254 Å². The molecule has 1 aromatic heterocycles. The smallest absolute Gasteiger partial charge is 0.274 e. The lowest BCUT2D eigenvalue weighted by Gasteiger charge is -2.71. The molecule has 9 nitrogen and oxygen atoms in total. The standard InChI is InChI=1S/C33H44N4O5S/c1-27(2)21-8-9-31(6)22(30(21,5)17-20(19-34)25(27)39)16-24(38)33(40)23-18-29(4,37-43(41,42)26-35-14-15-36-26)12-10-28(23,3)11-13-32(31,33)7/h14-17,21,23,37,40H,8-13,18H2,1-7H3,(H,35,36)/t21-,23+,28-,29-,30-,31+,32-,33+/m0/s1. The van der Waals surface area contributed by atoms with E-state index >= 15 is 0 Å². The molecular weight excluding hydrogens is 564 g/mol. The number of Topliss-reactive ketones (excluding diaryl/α,β-unsaturated/α-hetero) is 1. The van der Waals surface area contributed by atoms with E-state index in [1.165, 1.54) is 12.4 Å². The number of aromatic nitrogens is 2. The van der Waals surface area contributed by atoms with E-state index in [-0.39, 0.29) is 33.6 Å². The summed E-state index contributed by atoms with van der Waals surface area (Å²) < 4.78 is 29.3. The van der Waals surface area contributed by atoms with Gasteiger partial charge in [0, 0.05) is 40.1 Å². The van der Waals surface area contributed by atoms with Crippen molar-refractivity contribution in [2.45, 2.75) is 110 Å². The highest BCUT2D eigenvalue weighted by atomic mass is 32.2. The monoisotopic (exact) mass is 608 g/mol. The third kappa shape index (κ3) is 3.68. The summed E-state index contributed by atoms with van der Waals surface area (Å²) in [7, 11) is -3.94. The molecule has 43 heavy (non-hydrogen) atoms. The predicted molar refractivity (Wildman–Crippen MR) is 160 cm³/mol. The first-order valence-corrected chi connectivity index (χ1v) is 16.9. The quantitative estimate of drug-likeness (QED) is 0.447. The lowest BCUT2D eigenvalue weighted by atomic mass is 9.33. The number of hydrogen-bond donors (Lipinski definition) is 3. The number of hydrogen-bond acceptors (Lipinski definition) is 7. The Balaban J connectivity index is 1.47. The molecule has 3 N–H and O–H groups in total. The van der Waals surface area contributed by atoms with Crippen molar-refractivity contribution >= 4 is 21.6 Å². The number of nitrogens with zero attached hydrogens (tertiary/aromatic N) is 2. The van der Waals surface area contributed by atoms with Gasteiger partial charge < -0.3 is 10.1 Å². The summed E-state index contributed by atoms with van der Waals surface area (Å²) in [6.45, 7) is 14.1. The first-order chi connectivity index (χ1) is 19.7. The summed E-state index contributed by atoms with van der Waals surface area (Å²) in [5, 5.41) is 22.8. The minimum Gasteiger partial charge on any atom is -0.381 e. The number of ketones is 2. The molecule has 0 bridgehead atoms. The largest absolute Gasteiger partial charge is 0.381 e. The van der Waals surface area contributed by atoms with Crippen molar-refractivity contribution < 1.29 is 23.1 Å². The van der Waals surface area contributed by atoms with E-state index < -0.39 is 48.7 Å². The number of rotatable bonds is 3. The van der Waals surface area contributed by atoms with Gasteiger partial charge in [-0.2, -0.15) is 5.26 Å². The van der Waals surface area contributed by atoms with Gasteiger partial charge in [-0.25, -0.2) is 18.1 Å². The van der Waals surface area contributed by atoms with Crippen molar-refractivity contribution in [3.05, 3.63) is 35.7 Å². The molecule has 0 amide bonds. The lowest BCUT2D eigenvalue weighted by Crippen LogP contribution is -2.74. The minimum absolute atomic E-state index is 0.0886. The van der Waals surface area contributed by atoms with E-state index in [0.717, 1.165) is 18.4 Å². The van der Waals surface area contributed by atoms with Crippen molar-refractivity contribution in [2.24, 2.45) is 38.9 Å². The zero-order valence-electron chi connectivity index (χ0n) is 26.3. The highest BCUT2D eigenvalue weighted by molar-refractivity contribution is 7.89. The number of aliphatic hydroxyl groups is 1. The maximum atomic E-state index is 14.6. The van der Waals surface area contributed by atoms with E-state index in [2.05, 4.69) is 41.5 Å². The Bertz CT molecular complexity index is 1640. The topological polar surface area (TPSA) is 153 Å². The number of allylic oxidation sites excluding steroid dienone is 3. The highest BCUT2D eigenvalue weighted by Crippen LogP contribution is 2.75. The molecule has 1 heterocycles. The molecule has 5 aliphatic carbocycles. The maximum Gasteiger partial charge on any atom is 0.274 e. The number of nitrogens with one attached hydrogen (secondary N) is 2. The molecule has 3 fully saturated rings. The number of H-pyrrole nitrogens is 1. The maximum absolute atomic E-state index is 14.6. The fourth-order valence-corrected chi connectivity index (χ4v) is 12.0. The molecule has 8 atom stereocenters. The fraction of sp³-hybridized carbons (Fsp3) is 0.697. The van der Waals surface area contributed by atoms with Gasteiger partial charge in [0.2, 0.25) is 5.16 Å². The number of fused-ring (bicyclic) bond motifs is 7. The molecule has 10 heteroatoms. The zero-order chi connectivity index (χ0) is 31.6. The summed E-state index contributed by atoms with van der Waals surface area (Å²) in [5.74, 6) is -1.08. The van der Waals surface area contributed by atoms with Crippen molar-refractivity contribution in [3.8, 4) is 6.07 Å². The van der Waals surface area contributed by atoms with Crippen LogP contribution in [-0.2, 0) is 19.6 Å². The normalized spacial score (nSPS) is 45.5. The van der Waals surface area contributed by atoms with Crippen molar-refractivity contribution in [3.63, 3.8) is 0 Å². The number of aromatic amines is 1. The van der Waals surface area contributed by atoms with Gasteiger partial charge in [0.05, 0.1) is 5.57 Å². The first-order valence-electron chi connectivity index (χ1n) is 15.4. The molecule has 0 aliphatic heterocycles. The molecule has 0 radical (unpaired) electrons. The van der Waals surface area contributed by atoms with Crippen LogP contribution in [0.15, 0.2) is 40.8 Å². The predicted octanol–water partition coefficient (Wildman–Crippen LogP) is 4.77. The van der Waals surface area contributed by atoms with Gasteiger partial charge >= 0.3 is 0 Å². The van der Waals surface area contributed by atoms with Crippen LogP contribution in [0.25, 0.3) is 0 Å². The molecular formula is C33H44N4O5S. The van der Waals surface area contributed by atoms with Crippen LogP contribution in [0, 0.1) is 50.2 Å². The van der Waals surface area contributed by atoms with Crippen molar-refractivity contribution in [1.29, 1.82) is 5.26 Å². The van der Waals surface area contributed by atoms with Crippen molar-refractivity contribution in [1.82, 2.24) is 14.7 Å². The molecule has 3 saturated carbocycles. The molecule has 6 rings (SSSR count). The summed E-state index contributed by atoms with van der Waals surface area (Å²) in [4.78, 5) is 34.5. The van der Waals surface area contributed by atoms with Crippen molar-refractivity contribution in [2.75, 3.05) is 0 Å². The molecule has 0 aromatic carbocycles. The van der Waals surface area contributed by atoms with Gasteiger partial charge in [-0.1, -0.05) is 47.6 Å². The molecule has 5 aliphatic rings. The molecule has 0 saturated heterocycles. The van der Waals surface area contributed by atoms with Gasteiger partial charge in [-0.15, -0.1) is 0 Å². The van der Waals surface area contributed by atoms with E-state index in [9.17, 15) is 28.4 Å². The second kappa shape index (κ2) is 8.76. The fourth-order valence-electron chi connectivity index (χ4n) is 10.6. The Morgan fingerprint density at radius 1 is 1.02 bits per heavy atom. The number of nitriles is 1. The Morgan fingerprint density at radius 3 is 2.33 bits per heavy atom. The number of carbonyl (C=O) groups excluding carboxylic acids is 2. The van der Waals surface area contributed by atoms with Crippen LogP contribution in [0.4, 0.5) is 0 Å².